The van der Waals surface area contributed by atoms with Gasteiger partial charge < -0.3 is 14.8 Å². The zero-order valence-corrected chi connectivity index (χ0v) is 18.4. The zero-order chi connectivity index (χ0) is 22.2. The molecular weight excluding hydrogens is 408 g/mol. The second-order valence-electron chi connectivity index (χ2n) is 8.41. The first-order valence-electron chi connectivity index (χ1n) is 10.7. The van der Waals surface area contributed by atoms with Crippen molar-refractivity contribution >= 4 is 5.97 Å². The quantitative estimate of drug-likeness (QED) is 0.611. The summed E-state index contributed by atoms with van der Waals surface area (Å²) in [6.45, 7) is 7.25. The van der Waals surface area contributed by atoms with Gasteiger partial charge in [0, 0.05) is 55.1 Å². The van der Waals surface area contributed by atoms with Crippen molar-refractivity contribution in [1.29, 1.82) is 0 Å². The minimum Gasteiger partial charge on any atom is -0.481 e. The number of carbonyl (C=O) groups excluding carboxylic acids is 1. The van der Waals surface area contributed by atoms with Crippen LogP contribution in [0.5, 0.6) is 5.88 Å². The molecule has 2 aliphatic rings. The van der Waals surface area contributed by atoms with Gasteiger partial charge in [-0.05, 0) is 31.0 Å². The highest BCUT2D eigenvalue weighted by Gasteiger charge is 2.30. The number of carbonyl (C=O) groups is 1. The van der Waals surface area contributed by atoms with Crippen molar-refractivity contribution in [1.82, 2.24) is 30.0 Å². The van der Waals surface area contributed by atoms with Gasteiger partial charge in [0.1, 0.15) is 12.9 Å². The highest BCUT2D eigenvalue weighted by molar-refractivity contribution is 5.94. The fourth-order valence-corrected chi connectivity index (χ4v) is 4.62. The van der Waals surface area contributed by atoms with E-state index in [-0.39, 0.29) is 12.0 Å². The van der Waals surface area contributed by atoms with Crippen LogP contribution >= 0.6 is 0 Å². The third-order valence-corrected chi connectivity index (χ3v) is 6.16. The maximum Gasteiger partial charge on any atom is 0.338 e. The van der Waals surface area contributed by atoms with Gasteiger partial charge in [-0.25, -0.2) is 19.4 Å². The summed E-state index contributed by atoms with van der Waals surface area (Å²) in [5.74, 6) is 0.947. The molecule has 1 N–H and O–H groups in total. The van der Waals surface area contributed by atoms with E-state index < -0.39 is 0 Å². The third-order valence-electron chi connectivity index (χ3n) is 6.16. The smallest absolute Gasteiger partial charge is 0.338 e. The highest BCUT2D eigenvalue weighted by atomic mass is 16.5. The van der Waals surface area contributed by atoms with Crippen LogP contribution in [0, 0.1) is 6.92 Å². The van der Waals surface area contributed by atoms with Crippen LogP contribution in [0.2, 0.25) is 0 Å². The molecule has 1 aromatic carbocycles. The lowest BCUT2D eigenvalue weighted by Gasteiger charge is -2.38. The van der Waals surface area contributed by atoms with Crippen LogP contribution in [-0.4, -0.2) is 56.9 Å². The van der Waals surface area contributed by atoms with Gasteiger partial charge in [-0.2, -0.15) is 5.10 Å². The normalized spacial score (nSPS) is 20.8. The van der Waals surface area contributed by atoms with E-state index in [2.05, 4.69) is 45.2 Å². The van der Waals surface area contributed by atoms with Crippen LogP contribution in [0.3, 0.4) is 0 Å². The molecule has 5 rings (SSSR count). The number of cyclic esters (lactones) is 1. The van der Waals surface area contributed by atoms with Gasteiger partial charge in [-0.3, -0.25) is 4.90 Å². The lowest BCUT2D eigenvalue weighted by atomic mass is 9.92. The molecule has 0 saturated carbocycles. The standard InChI is InChI=1S/C23H26N6O3/c1-14-8-28(9-16-7-26-29(10-16)21-6-22(31-3)25-13-24-21)11-20(27-14)17-4-5-18-19(15(17)2)12-32-23(18)30/h4-7,10,13-14,20,27H,8-9,11-12H2,1-3H3/t14?,20-/m0/s1. The van der Waals surface area contributed by atoms with Crippen molar-refractivity contribution in [2.45, 2.75) is 39.1 Å². The Morgan fingerprint density at radius 3 is 3.00 bits per heavy atom. The summed E-state index contributed by atoms with van der Waals surface area (Å²) in [7, 11) is 1.58. The van der Waals surface area contributed by atoms with E-state index in [4.69, 9.17) is 9.47 Å². The van der Waals surface area contributed by atoms with Gasteiger partial charge in [0.05, 0.1) is 18.9 Å². The molecule has 2 atom stereocenters. The Kier molecular flexibility index (Phi) is 5.36. The van der Waals surface area contributed by atoms with Crippen molar-refractivity contribution in [3.63, 3.8) is 0 Å². The average molecular weight is 435 g/mol. The molecule has 9 heteroatoms. The van der Waals surface area contributed by atoms with Crippen LogP contribution in [0.4, 0.5) is 0 Å². The SMILES string of the molecule is COc1cc(-n2cc(CN3CC(C)N[C@H](c4ccc5c(c4C)COC5=O)C3)cn2)ncn1. The average Bonchev–Trinajstić information content (AvgIpc) is 3.41. The van der Waals surface area contributed by atoms with Crippen molar-refractivity contribution in [2.75, 3.05) is 20.2 Å². The van der Waals surface area contributed by atoms with Gasteiger partial charge in [0.25, 0.3) is 0 Å². The van der Waals surface area contributed by atoms with Crippen molar-refractivity contribution in [3.05, 3.63) is 64.7 Å². The van der Waals surface area contributed by atoms with Gasteiger partial charge >= 0.3 is 5.97 Å². The van der Waals surface area contributed by atoms with E-state index in [0.717, 1.165) is 36.3 Å². The number of hydrogen-bond acceptors (Lipinski definition) is 8. The van der Waals surface area contributed by atoms with E-state index >= 15 is 0 Å². The van der Waals surface area contributed by atoms with Crippen LogP contribution < -0.4 is 10.1 Å². The van der Waals surface area contributed by atoms with Gasteiger partial charge in [0.15, 0.2) is 5.82 Å². The van der Waals surface area contributed by atoms with E-state index in [1.165, 1.54) is 11.9 Å². The molecule has 4 heterocycles. The molecule has 9 nitrogen and oxygen atoms in total. The van der Waals surface area contributed by atoms with Gasteiger partial charge in [-0.1, -0.05) is 6.07 Å². The van der Waals surface area contributed by atoms with E-state index in [1.807, 2.05) is 18.5 Å². The molecule has 3 aromatic rings. The monoisotopic (exact) mass is 434 g/mol. The Balaban J connectivity index is 1.33. The van der Waals surface area contributed by atoms with Crippen molar-refractivity contribution in [2.24, 2.45) is 0 Å². The summed E-state index contributed by atoms with van der Waals surface area (Å²) in [6, 6.07) is 6.24. The van der Waals surface area contributed by atoms with Crippen molar-refractivity contribution < 1.29 is 14.3 Å². The summed E-state index contributed by atoms with van der Waals surface area (Å²) >= 11 is 0. The van der Waals surface area contributed by atoms with Gasteiger partial charge in [-0.15, -0.1) is 0 Å². The number of piperazine rings is 1. The predicted octanol–water partition coefficient (Wildman–Crippen LogP) is 2.18. The molecule has 0 aliphatic carbocycles. The second-order valence-corrected chi connectivity index (χ2v) is 8.41. The minimum atomic E-state index is -0.223. The number of ether oxygens (including phenoxy) is 2. The highest BCUT2D eigenvalue weighted by Crippen LogP contribution is 2.31. The molecule has 0 bridgehead atoms. The first-order chi connectivity index (χ1) is 15.5. The summed E-state index contributed by atoms with van der Waals surface area (Å²) < 4.78 is 12.1. The molecule has 0 spiro atoms. The molecule has 1 unspecified atom stereocenters. The number of nitrogens with zero attached hydrogens (tertiary/aromatic N) is 5. The third kappa shape index (κ3) is 3.85. The fourth-order valence-electron chi connectivity index (χ4n) is 4.62. The number of aromatic nitrogens is 4. The Hall–Kier alpha value is -3.30. The number of rotatable bonds is 5. The first kappa shape index (κ1) is 20.6. The minimum absolute atomic E-state index is 0.181. The first-order valence-corrected chi connectivity index (χ1v) is 10.7. The van der Waals surface area contributed by atoms with Crippen LogP contribution in [0.15, 0.2) is 36.9 Å². The Morgan fingerprint density at radius 1 is 1.28 bits per heavy atom. The molecule has 2 aromatic heterocycles. The van der Waals surface area contributed by atoms with Crippen LogP contribution in [-0.2, 0) is 17.9 Å². The number of hydrogen-bond donors (Lipinski definition) is 1. The molecular formula is C23H26N6O3. The maximum atomic E-state index is 11.9. The predicted molar refractivity (Wildman–Crippen MR) is 117 cm³/mol. The van der Waals surface area contributed by atoms with E-state index in [9.17, 15) is 4.79 Å². The number of nitrogens with one attached hydrogen (secondary N) is 1. The summed E-state index contributed by atoms with van der Waals surface area (Å²) in [4.78, 5) is 22.6. The molecule has 0 amide bonds. The van der Waals surface area contributed by atoms with Crippen molar-refractivity contribution in [3.8, 4) is 11.7 Å². The number of benzene rings is 1. The summed E-state index contributed by atoms with van der Waals surface area (Å²) in [5.41, 5.74) is 5.19. The molecule has 32 heavy (non-hydrogen) atoms. The molecule has 166 valence electrons. The molecule has 1 saturated heterocycles. The Labute approximate surface area is 186 Å². The fraction of sp³-hybridized carbons (Fsp3) is 0.391. The second kappa shape index (κ2) is 8.33. The van der Waals surface area contributed by atoms with Crippen LogP contribution in [0.1, 0.15) is 45.6 Å². The summed E-state index contributed by atoms with van der Waals surface area (Å²) in [6.07, 6.45) is 5.34. The summed E-state index contributed by atoms with van der Waals surface area (Å²) in [5, 5.41) is 8.18. The topological polar surface area (TPSA) is 94.4 Å². The Morgan fingerprint density at radius 2 is 2.16 bits per heavy atom. The number of methoxy groups -OCH3 is 1. The van der Waals surface area contributed by atoms with Gasteiger partial charge in [0.2, 0.25) is 5.88 Å². The molecule has 1 fully saturated rings. The zero-order valence-electron chi connectivity index (χ0n) is 18.4. The lowest BCUT2D eigenvalue weighted by Crippen LogP contribution is -2.50. The number of fused-ring (bicyclic) bond motifs is 1. The van der Waals surface area contributed by atoms with E-state index in [0.29, 0.717) is 29.9 Å². The van der Waals surface area contributed by atoms with E-state index in [1.54, 1.807) is 17.9 Å². The lowest BCUT2D eigenvalue weighted by molar-refractivity contribution is 0.0535. The maximum absolute atomic E-state index is 11.9. The number of esters is 1. The molecule has 0 radical (unpaired) electrons. The largest absolute Gasteiger partial charge is 0.481 e. The van der Waals surface area contributed by atoms with Crippen LogP contribution in [0.25, 0.3) is 5.82 Å². The molecule has 2 aliphatic heterocycles. The Bertz CT molecular complexity index is 1160.